The smallest absolute Gasteiger partial charge is 0.338 e. The highest BCUT2D eigenvalue weighted by atomic mass is 32.1. The SMILES string of the molecule is CCOC(=O)C1=C(C)N=c2s/c(=C/c3c(-c4ccccc4)[nH]c4ccccc34)c(=O)n2[C@H]1c1ccc2c(c1)OCO2. The molecule has 0 spiro atoms. The van der Waals surface area contributed by atoms with Crippen molar-refractivity contribution in [1.29, 1.82) is 0 Å². The van der Waals surface area contributed by atoms with Crippen LogP contribution in [0.15, 0.2) is 93.9 Å². The average molecular weight is 564 g/mol. The van der Waals surface area contributed by atoms with Crippen molar-refractivity contribution in [1.82, 2.24) is 9.55 Å². The van der Waals surface area contributed by atoms with Gasteiger partial charge >= 0.3 is 5.97 Å². The molecule has 0 bridgehead atoms. The number of thiazole rings is 1. The number of allylic oxidation sites excluding steroid dienone is 1. The lowest BCUT2D eigenvalue weighted by atomic mass is 9.95. The molecule has 1 atom stereocenters. The number of benzene rings is 3. The molecule has 1 N–H and O–H groups in total. The van der Waals surface area contributed by atoms with Gasteiger partial charge in [-0.1, -0.05) is 65.9 Å². The van der Waals surface area contributed by atoms with E-state index in [0.29, 0.717) is 37.7 Å². The Morgan fingerprint density at radius 3 is 2.71 bits per heavy atom. The van der Waals surface area contributed by atoms with Gasteiger partial charge in [0.2, 0.25) is 6.79 Å². The lowest BCUT2D eigenvalue weighted by Gasteiger charge is -2.24. The molecule has 0 amide bonds. The number of hydrogen-bond acceptors (Lipinski definition) is 7. The first-order chi connectivity index (χ1) is 20.0. The second-order valence-corrected chi connectivity index (χ2v) is 10.7. The molecule has 204 valence electrons. The summed E-state index contributed by atoms with van der Waals surface area (Å²) in [6, 6.07) is 22.8. The Labute approximate surface area is 238 Å². The molecule has 7 rings (SSSR count). The summed E-state index contributed by atoms with van der Waals surface area (Å²) in [7, 11) is 0. The van der Waals surface area contributed by atoms with Crippen LogP contribution in [0.2, 0.25) is 0 Å². The van der Waals surface area contributed by atoms with Gasteiger partial charge in [-0.3, -0.25) is 9.36 Å². The number of carbonyl (C=O) groups is 1. The average Bonchev–Trinajstić information content (AvgIpc) is 3.69. The summed E-state index contributed by atoms with van der Waals surface area (Å²) in [6.45, 7) is 3.85. The Bertz CT molecular complexity index is 2050. The van der Waals surface area contributed by atoms with Crippen molar-refractivity contribution in [3.8, 4) is 22.8 Å². The Balaban J connectivity index is 1.46. The summed E-state index contributed by atoms with van der Waals surface area (Å²) in [6.07, 6.45) is 1.92. The number of aromatic nitrogens is 2. The number of nitrogens with one attached hydrogen (secondary N) is 1. The molecule has 2 aliphatic heterocycles. The van der Waals surface area contributed by atoms with Gasteiger partial charge in [0.1, 0.15) is 0 Å². The first kappa shape index (κ1) is 25.1. The number of aromatic amines is 1. The zero-order chi connectivity index (χ0) is 28.1. The summed E-state index contributed by atoms with van der Waals surface area (Å²) in [5, 5.41) is 1.01. The van der Waals surface area contributed by atoms with Crippen molar-refractivity contribution in [2.45, 2.75) is 19.9 Å². The fourth-order valence-electron chi connectivity index (χ4n) is 5.47. The van der Waals surface area contributed by atoms with Gasteiger partial charge in [-0.15, -0.1) is 0 Å². The molecule has 0 fully saturated rings. The third kappa shape index (κ3) is 4.17. The van der Waals surface area contributed by atoms with Gasteiger partial charge in [-0.05, 0) is 49.2 Å². The second kappa shape index (κ2) is 9.94. The molecule has 8 nitrogen and oxygen atoms in total. The van der Waals surface area contributed by atoms with E-state index in [1.54, 1.807) is 24.5 Å². The standard InChI is InChI=1S/C32H25N3O5S/c1-3-38-31(37)27-18(2)33-32-35(29(27)20-13-14-24-25(15-20)40-17-39-24)30(36)26(41-32)16-22-21-11-7-8-12-23(21)34-28(22)19-9-5-4-6-10-19/h4-16,29,34H,3,17H2,1-2H3/b26-16+/t29-/m0/s1. The third-order valence-electron chi connectivity index (χ3n) is 7.31. The number of nitrogens with zero attached hydrogens (tertiary/aromatic N) is 2. The van der Waals surface area contributed by atoms with E-state index in [2.05, 4.69) is 4.98 Å². The topological polar surface area (TPSA) is 94.9 Å². The van der Waals surface area contributed by atoms with Crippen LogP contribution in [-0.2, 0) is 9.53 Å². The molecule has 3 aromatic carbocycles. The normalized spacial score (nSPS) is 16.1. The summed E-state index contributed by atoms with van der Waals surface area (Å²) < 4.78 is 18.6. The highest BCUT2D eigenvalue weighted by Crippen LogP contribution is 2.38. The molecule has 2 aliphatic rings. The first-order valence-electron chi connectivity index (χ1n) is 13.3. The van der Waals surface area contributed by atoms with Crippen LogP contribution in [0.1, 0.15) is 31.0 Å². The highest BCUT2D eigenvalue weighted by Gasteiger charge is 2.34. The lowest BCUT2D eigenvalue weighted by Crippen LogP contribution is -2.39. The van der Waals surface area contributed by atoms with Crippen molar-refractivity contribution >= 4 is 34.3 Å². The predicted octanol–water partition coefficient (Wildman–Crippen LogP) is 4.68. The Kier molecular flexibility index (Phi) is 6.09. The predicted molar refractivity (Wildman–Crippen MR) is 157 cm³/mol. The van der Waals surface area contributed by atoms with Crippen molar-refractivity contribution in [2.75, 3.05) is 13.4 Å². The molecular formula is C32H25N3O5S. The van der Waals surface area contributed by atoms with E-state index in [1.807, 2.05) is 72.8 Å². The van der Waals surface area contributed by atoms with Gasteiger partial charge in [0.05, 0.1) is 34.1 Å². The minimum atomic E-state index is -0.737. The van der Waals surface area contributed by atoms with Gasteiger partial charge < -0.3 is 19.2 Å². The molecule has 0 saturated carbocycles. The molecule has 0 saturated heterocycles. The Hall–Kier alpha value is -4.89. The third-order valence-corrected chi connectivity index (χ3v) is 8.30. The molecule has 2 aromatic heterocycles. The van der Waals surface area contributed by atoms with Crippen LogP contribution in [0.25, 0.3) is 28.2 Å². The minimum absolute atomic E-state index is 0.121. The van der Waals surface area contributed by atoms with Crippen LogP contribution in [0, 0.1) is 0 Å². The number of carbonyl (C=O) groups excluding carboxylic acids is 1. The summed E-state index contributed by atoms with van der Waals surface area (Å²) >= 11 is 1.30. The van der Waals surface area contributed by atoms with E-state index in [4.69, 9.17) is 19.2 Å². The largest absolute Gasteiger partial charge is 0.463 e. The summed E-state index contributed by atoms with van der Waals surface area (Å²) in [4.78, 5) is 36.2. The van der Waals surface area contributed by atoms with Crippen LogP contribution in [0.3, 0.4) is 0 Å². The maximum atomic E-state index is 14.2. The summed E-state index contributed by atoms with van der Waals surface area (Å²) in [5.41, 5.74) is 5.13. The van der Waals surface area contributed by atoms with Crippen LogP contribution >= 0.6 is 11.3 Å². The molecule has 5 aromatic rings. The van der Waals surface area contributed by atoms with Crippen LogP contribution in [0.5, 0.6) is 11.5 Å². The number of para-hydroxylation sites is 1. The van der Waals surface area contributed by atoms with Gasteiger partial charge in [0, 0.05) is 16.5 Å². The van der Waals surface area contributed by atoms with Crippen molar-refractivity contribution in [3.63, 3.8) is 0 Å². The molecule has 41 heavy (non-hydrogen) atoms. The van der Waals surface area contributed by atoms with Gasteiger partial charge in [-0.2, -0.15) is 0 Å². The van der Waals surface area contributed by atoms with Gasteiger partial charge in [0.15, 0.2) is 16.3 Å². The highest BCUT2D eigenvalue weighted by molar-refractivity contribution is 7.07. The van der Waals surface area contributed by atoms with E-state index in [0.717, 1.165) is 27.7 Å². The van der Waals surface area contributed by atoms with Crippen LogP contribution in [-0.4, -0.2) is 28.9 Å². The van der Waals surface area contributed by atoms with E-state index in [9.17, 15) is 9.59 Å². The number of hydrogen-bond donors (Lipinski definition) is 1. The maximum Gasteiger partial charge on any atom is 0.338 e. The zero-order valence-corrected chi connectivity index (χ0v) is 23.2. The number of rotatable bonds is 5. The second-order valence-electron chi connectivity index (χ2n) is 9.74. The number of H-pyrrole nitrogens is 1. The number of ether oxygens (including phenoxy) is 3. The lowest BCUT2D eigenvalue weighted by molar-refractivity contribution is -0.139. The van der Waals surface area contributed by atoms with Crippen molar-refractivity contribution < 1.29 is 19.0 Å². The Morgan fingerprint density at radius 1 is 1.10 bits per heavy atom. The fraction of sp³-hybridized carbons (Fsp3) is 0.156. The zero-order valence-electron chi connectivity index (χ0n) is 22.3. The molecular weight excluding hydrogens is 538 g/mol. The quantitative estimate of drug-likeness (QED) is 0.314. The van der Waals surface area contributed by atoms with E-state index < -0.39 is 12.0 Å². The number of fused-ring (bicyclic) bond motifs is 3. The van der Waals surface area contributed by atoms with Gasteiger partial charge in [-0.25, -0.2) is 9.79 Å². The minimum Gasteiger partial charge on any atom is -0.463 e. The van der Waals surface area contributed by atoms with Crippen LogP contribution < -0.4 is 24.4 Å². The number of esters is 1. The fourth-order valence-corrected chi connectivity index (χ4v) is 6.50. The Morgan fingerprint density at radius 2 is 1.88 bits per heavy atom. The molecule has 0 aliphatic carbocycles. The van der Waals surface area contributed by atoms with Crippen molar-refractivity contribution in [3.05, 3.63) is 115 Å². The molecule has 4 heterocycles. The summed E-state index contributed by atoms with van der Waals surface area (Å²) in [5.74, 6) is 0.676. The van der Waals surface area contributed by atoms with E-state index in [1.165, 1.54) is 11.3 Å². The van der Waals surface area contributed by atoms with Gasteiger partial charge in [0.25, 0.3) is 5.56 Å². The molecule has 9 heteroatoms. The van der Waals surface area contributed by atoms with E-state index in [-0.39, 0.29) is 19.0 Å². The maximum absolute atomic E-state index is 14.2. The monoisotopic (exact) mass is 563 g/mol. The molecule has 0 unspecified atom stereocenters. The van der Waals surface area contributed by atoms with E-state index >= 15 is 0 Å². The van der Waals surface area contributed by atoms with Crippen LogP contribution in [0.4, 0.5) is 0 Å². The first-order valence-corrected chi connectivity index (χ1v) is 14.1. The molecule has 0 radical (unpaired) electrons. The van der Waals surface area contributed by atoms with Crippen molar-refractivity contribution in [2.24, 2.45) is 4.99 Å².